The van der Waals surface area contributed by atoms with E-state index in [4.69, 9.17) is 11.6 Å². The van der Waals surface area contributed by atoms with Gasteiger partial charge in [-0.25, -0.2) is 4.79 Å². The first-order valence-electron chi connectivity index (χ1n) is 6.77. The number of anilines is 1. The monoisotopic (exact) mass is 335 g/mol. The fourth-order valence-corrected chi connectivity index (χ4v) is 2.25. The number of phenolic OH excluding ortho intramolecular Hbond substituents is 1. The smallest absolute Gasteiger partial charge is 0.337 e. The van der Waals surface area contributed by atoms with E-state index < -0.39 is 5.97 Å². The minimum absolute atomic E-state index is 0.0857. The summed E-state index contributed by atoms with van der Waals surface area (Å²) in [5, 5.41) is 9.79. The van der Waals surface area contributed by atoms with Crippen molar-refractivity contribution in [2.45, 2.75) is 12.8 Å². The minimum atomic E-state index is -0.488. The summed E-state index contributed by atoms with van der Waals surface area (Å²) in [4.78, 5) is 24.2. The molecule has 2 aromatic rings. The summed E-state index contributed by atoms with van der Waals surface area (Å²) in [6.07, 6.45) is 0. The molecule has 6 nitrogen and oxygen atoms in total. The van der Waals surface area contributed by atoms with Crippen LogP contribution in [0.4, 0.5) is 11.4 Å². The number of aryl methyl sites for hydroxylation is 1. The molecule has 2 N–H and O–H groups in total. The SMILES string of the molecule is COC(=O)c1ccc(N[N+](=O)c2cc(C)ccc2O)c(CCl)c1. The Hall–Kier alpha value is -2.60. The van der Waals surface area contributed by atoms with Crippen LogP contribution in [0.25, 0.3) is 0 Å². The number of rotatable bonds is 5. The number of alkyl halides is 1. The number of carbonyl (C=O) groups is 1. The van der Waals surface area contributed by atoms with Gasteiger partial charge in [0.25, 0.3) is 0 Å². The van der Waals surface area contributed by atoms with Gasteiger partial charge < -0.3 is 9.84 Å². The van der Waals surface area contributed by atoms with Crippen LogP contribution >= 0.6 is 11.6 Å². The molecule has 23 heavy (non-hydrogen) atoms. The standard InChI is InChI=1S/C16H15ClN2O4/c1-10-3-6-15(20)14(7-10)19(22)18-13-5-4-11(16(21)23-2)8-12(13)9-17/h3-8H,9H2,1-2H3,(H-,18,20,21,22)/p+1. The zero-order chi connectivity index (χ0) is 17.0. The molecule has 0 fully saturated rings. The van der Waals surface area contributed by atoms with Crippen LogP contribution in [-0.4, -0.2) is 23.1 Å². The van der Waals surface area contributed by atoms with E-state index in [-0.39, 0.29) is 17.3 Å². The fraction of sp³-hybridized carbons (Fsp3) is 0.188. The molecule has 0 atom stereocenters. The largest absolute Gasteiger partial charge is 0.502 e. The molecule has 0 saturated heterocycles. The van der Waals surface area contributed by atoms with Gasteiger partial charge in [0.05, 0.1) is 17.6 Å². The molecule has 120 valence electrons. The first-order valence-corrected chi connectivity index (χ1v) is 7.30. The van der Waals surface area contributed by atoms with E-state index in [9.17, 15) is 14.8 Å². The van der Waals surface area contributed by atoms with E-state index in [1.165, 1.54) is 19.2 Å². The molecule has 0 heterocycles. The van der Waals surface area contributed by atoms with E-state index >= 15 is 0 Å². The second-order valence-electron chi connectivity index (χ2n) is 4.90. The number of halogens is 1. The molecule has 0 saturated carbocycles. The number of carbonyl (C=O) groups excluding carboxylic acids is 1. The van der Waals surface area contributed by atoms with Gasteiger partial charge in [0.2, 0.25) is 0 Å². The minimum Gasteiger partial charge on any atom is -0.502 e. The summed E-state index contributed by atoms with van der Waals surface area (Å²) in [5.74, 6) is -0.532. The number of benzene rings is 2. The van der Waals surface area contributed by atoms with E-state index in [2.05, 4.69) is 10.2 Å². The molecule has 0 aliphatic heterocycles. The Morgan fingerprint density at radius 1 is 1.30 bits per heavy atom. The van der Waals surface area contributed by atoms with Crippen LogP contribution in [0.2, 0.25) is 0 Å². The molecule has 2 rings (SSSR count). The maximum absolute atomic E-state index is 12.2. The zero-order valence-electron chi connectivity index (χ0n) is 12.7. The summed E-state index contributed by atoms with van der Waals surface area (Å²) in [5.41, 5.74) is 4.86. The predicted octanol–water partition coefficient (Wildman–Crippen LogP) is 3.66. The first-order chi connectivity index (χ1) is 11.0. The Morgan fingerprint density at radius 3 is 2.70 bits per heavy atom. The number of nitrogens with zero attached hydrogens (tertiary/aromatic N) is 1. The van der Waals surface area contributed by atoms with Crippen LogP contribution in [0.3, 0.4) is 0 Å². The van der Waals surface area contributed by atoms with Crippen LogP contribution in [-0.2, 0) is 10.6 Å². The first kappa shape index (κ1) is 16.8. The van der Waals surface area contributed by atoms with Crippen molar-refractivity contribution in [3.63, 3.8) is 0 Å². The van der Waals surface area contributed by atoms with Gasteiger partial charge in [-0.3, -0.25) is 0 Å². The summed E-state index contributed by atoms with van der Waals surface area (Å²) >= 11 is 5.88. The van der Waals surface area contributed by atoms with Crippen molar-refractivity contribution in [1.82, 2.24) is 0 Å². The molecule has 0 aliphatic carbocycles. The van der Waals surface area contributed by atoms with Crippen molar-refractivity contribution < 1.29 is 19.5 Å². The summed E-state index contributed by atoms with van der Waals surface area (Å²) < 4.78 is 4.65. The second-order valence-corrected chi connectivity index (χ2v) is 5.16. The number of methoxy groups -OCH3 is 1. The third-order valence-corrected chi connectivity index (χ3v) is 3.53. The molecule has 7 heteroatoms. The number of nitroso groups, excluding NO2 is 1. The van der Waals surface area contributed by atoms with Crippen molar-refractivity contribution in [2.24, 2.45) is 0 Å². The highest BCUT2D eigenvalue weighted by Gasteiger charge is 2.22. The Kier molecular flexibility index (Phi) is 5.18. The van der Waals surface area contributed by atoms with Crippen LogP contribution in [0.5, 0.6) is 5.75 Å². The Balaban J connectivity index is 2.30. The van der Waals surface area contributed by atoms with E-state index in [0.717, 1.165) is 5.56 Å². The van der Waals surface area contributed by atoms with E-state index in [0.29, 0.717) is 21.7 Å². The molecular formula is C16H16ClN2O4+. The molecule has 0 bridgehead atoms. The normalized spacial score (nSPS) is 10.2. The van der Waals surface area contributed by atoms with Crippen molar-refractivity contribution in [2.75, 3.05) is 12.5 Å². The molecule has 0 unspecified atom stereocenters. The number of phenols is 1. The van der Waals surface area contributed by atoms with Crippen LogP contribution in [0.1, 0.15) is 21.5 Å². The van der Waals surface area contributed by atoms with Gasteiger partial charge in [-0.05, 0) is 42.3 Å². The van der Waals surface area contributed by atoms with Crippen molar-refractivity contribution in [3.8, 4) is 5.75 Å². The number of hydrogen-bond donors (Lipinski definition) is 2. The van der Waals surface area contributed by atoms with Gasteiger partial charge >= 0.3 is 11.7 Å². The fourth-order valence-electron chi connectivity index (χ4n) is 2.02. The van der Waals surface area contributed by atoms with Gasteiger partial charge in [-0.1, -0.05) is 6.07 Å². The van der Waals surface area contributed by atoms with Gasteiger partial charge in [0.1, 0.15) is 5.69 Å². The third kappa shape index (κ3) is 3.78. The zero-order valence-corrected chi connectivity index (χ0v) is 13.4. The lowest BCUT2D eigenvalue weighted by Crippen LogP contribution is -2.13. The highest BCUT2D eigenvalue weighted by molar-refractivity contribution is 6.17. The highest BCUT2D eigenvalue weighted by Crippen LogP contribution is 2.28. The quantitative estimate of drug-likeness (QED) is 0.377. The average Bonchev–Trinajstić information content (AvgIpc) is 2.56. The molecule has 0 radical (unpaired) electrons. The number of ether oxygens (including phenoxy) is 1. The van der Waals surface area contributed by atoms with Crippen molar-refractivity contribution in [3.05, 3.63) is 58.0 Å². The van der Waals surface area contributed by atoms with Crippen LogP contribution < -0.4 is 5.43 Å². The van der Waals surface area contributed by atoms with Gasteiger partial charge in [-0.15, -0.1) is 17.0 Å². The lowest BCUT2D eigenvalue weighted by atomic mass is 10.1. The van der Waals surface area contributed by atoms with E-state index in [1.807, 2.05) is 6.92 Å². The topological polar surface area (TPSA) is 78.6 Å². The molecule has 0 amide bonds. The second kappa shape index (κ2) is 7.11. The van der Waals surface area contributed by atoms with Crippen LogP contribution in [0.15, 0.2) is 36.4 Å². The summed E-state index contributed by atoms with van der Waals surface area (Å²) in [6, 6.07) is 9.32. The summed E-state index contributed by atoms with van der Waals surface area (Å²) in [7, 11) is 1.29. The van der Waals surface area contributed by atoms with E-state index in [1.54, 1.807) is 24.3 Å². The number of hydrogen-bond acceptors (Lipinski definition) is 4. The number of esters is 1. The molecular weight excluding hydrogens is 320 g/mol. The van der Waals surface area contributed by atoms with Crippen molar-refractivity contribution >= 4 is 28.9 Å². The van der Waals surface area contributed by atoms with Gasteiger partial charge in [0, 0.05) is 11.9 Å². The Labute approximate surface area is 138 Å². The summed E-state index contributed by atoms with van der Waals surface area (Å²) in [6.45, 7) is 1.81. The van der Waals surface area contributed by atoms with Gasteiger partial charge in [-0.2, -0.15) is 0 Å². The number of nitrogens with one attached hydrogen (secondary N) is 1. The average molecular weight is 336 g/mol. The third-order valence-electron chi connectivity index (χ3n) is 3.24. The predicted molar refractivity (Wildman–Crippen MR) is 87.1 cm³/mol. The molecule has 2 aromatic carbocycles. The molecule has 0 spiro atoms. The van der Waals surface area contributed by atoms with Gasteiger partial charge in [0.15, 0.2) is 10.6 Å². The maximum atomic E-state index is 12.2. The number of aromatic hydroxyl groups is 1. The molecule has 0 aromatic heterocycles. The lowest BCUT2D eigenvalue weighted by Gasteiger charge is -2.07. The van der Waals surface area contributed by atoms with Crippen LogP contribution in [0, 0.1) is 11.8 Å². The molecule has 0 aliphatic rings. The van der Waals surface area contributed by atoms with Crippen molar-refractivity contribution in [1.29, 1.82) is 0 Å². The Bertz CT molecular complexity index is 762. The lowest BCUT2D eigenvalue weighted by molar-refractivity contribution is -0.428. The maximum Gasteiger partial charge on any atom is 0.337 e. The Morgan fingerprint density at radius 2 is 2.04 bits per heavy atom. The highest BCUT2D eigenvalue weighted by atomic mass is 35.5. The number of hydrazine groups is 1.